The van der Waals surface area contributed by atoms with E-state index >= 15 is 0 Å². The van der Waals surface area contributed by atoms with E-state index in [4.69, 9.17) is 0 Å². The minimum Gasteiger partial charge on any atom is -0.506 e. The maximum atomic E-state index is 12.3. The third-order valence-electron chi connectivity index (χ3n) is 3.41. The lowest BCUT2D eigenvalue weighted by Crippen LogP contribution is -2.36. The minimum atomic E-state index is -0.0661. The summed E-state index contributed by atoms with van der Waals surface area (Å²) in [6, 6.07) is 1.96. The third kappa shape index (κ3) is 5.93. The number of carbonyl (C=O) groups is 1. The third-order valence-corrected chi connectivity index (χ3v) is 6.36. The van der Waals surface area contributed by atoms with Crippen molar-refractivity contribution in [1.29, 1.82) is 0 Å². The number of hydrogen-bond acceptors (Lipinski definition) is 3. The number of halogens is 3. The lowest BCUT2D eigenvalue weighted by molar-refractivity contribution is -0.125. The zero-order chi connectivity index (χ0) is 16.9. The molecule has 0 aliphatic carbocycles. The van der Waals surface area contributed by atoms with Crippen molar-refractivity contribution >= 4 is 73.7 Å². The van der Waals surface area contributed by atoms with Gasteiger partial charge in [-0.15, -0.1) is 0 Å². The average Bonchev–Trinajstić information content (AvgIpc) is 2.44. The van der Waals surface area contributed by atoms with E-state index in [-0.39, 0.29) is 11.8 Å². The smallest absolute Gasteiger partial charge is 0.223 e. The normalized spacial score (nSPS) is 12.5. The Bertz CT molecular complexity index is 536. The largest absolute Gasteiger partial charge is 0.506 e. The number of aromatic hydroxyl groups is 1. The molecule has 4 nitrogen and oxygen atoms in total. The second-order valence-electron chi connectivity index (χ2n) is 5.38. The summed E-state index contributed by atoms with van der Waals surface area (Å²) >= 11 is 6.58. The van der Waals surface area contributed by atoms with Gasteiger partial charge in [-0.1, -0.05) is 6.92 Å². The highest BCUT2D eigenvalue weighted by Gasteiger charge is 2.21. The van der Waals surface area contributed by atoms with Gasteiger partial charge in [0.15, 0.2) is 0 Å². The molecule has 1 amide bonds. The van der Waals surface area contributed by atoms with Gasteiger partial charge in [-0.25, -0.2) is 0 Å². The molecule has 124 valence electrons. The summed E-state index contributed by atoms with van der Waals surface area (Å²) in [4.78, 5) is 14.4. The summed E-state index contributed by atoms with van der Waals surface area (Å²) in [7, 11) is 3.98. The van der Waals surface area contributed by atoms with Crippen molar-refractivity contribution in [2.45, 2.75) is 19.8 Å². The molecule has 0 fully saturated rings. The Hall–Kier alpha value is 0.640. The van der Waals surface area contributed by atoms with Crippen LogP contribution < -0.4 is 5.32 Å². The predicted molar refractivity (Wildman–Crippen MR) is 115 cm³/mol. The number of carbonyl (C=O) groups excluding carboxylic acids is 1. The summed E-state index contributed by atoms with van der Waals surface area (Å²) in [5.41, 5.74) is 1.06. The summed E-state index contributed by atoms with van der Waals surface area (Å²) in [5, 5.41) is 13.1. The van der Waals surface area contributed by atoms with Crippen molar-refractivity contribution in [3.8, 4) is 5.75 Å². The van der Waals surface area contributed by atoms with Gasteiger partial charge >= 0.3 is 0 Å². The number of benzene rings is 1. The molecule has 0 saturated carbocycles. The average molecular weight is 642 g/mol. The molecule has 0 bridgehead atoms. The Kier molecular flexibility index (Phi) is 9.23. The fourth-order valence-electron chi connectivity index (χ4n) is 2.02. The number of hydrogen-bond donors (Lipinski definition) is 2. The first-order chi connectivity index (χ1) is 10.3. The maximum Gasteiger partial charge on any atom is 0.223 e. The zero-order valence-corrected chi connectivity index (χ0v) is 19.4. The van der Waals surface area contributed by atoms with Gasteiger partial charge in [0.2, 0.25) is 5.91 Å². The van der Waals surface area contributed by atoms with Gasteiger partial charge in [0.1, 0.15) is 5.75 Å². The monoisotopic (exact) mass is 642 g/mol. The van der Waals surface area contributed by atoms with Crippen molar-refractivity contribution in [3.63, 3.8) is 0 Å². The Balaban J connectivity index is 2.82. The molecule has 0 aliphatic rings. The van der Waals surface area contributed by atoms with Crippen LogP contribution in [0.5, 0.6) is 5.75 Å². The van der Waals surface area contributed by atoms with Crippen LogP contribution >= 0.6 is 67.8 Å². The van der Waals surface area contributed by atoms with Gasteiger partial charge < -0.3 is 15.3 Å². The summed E-state index contributed by atoms with van der Waals surface area (Å²) < 4.78 is 2.80. The second-order valence-corrected chi connectivity index (χ2v) is 8.79. The molecule has 1 atom stereocenters. The molecule has 0 spiro atoms. The first-order valence-electron chi connectivity index (χ1n) is 7.05. The first-order valence-corrected chi connectivity index (χ1v) is 10.3. The molecule has 0 heterocycles. The SMILES string of the molecule is CCC(Cc1c(I)cc(I)c(O)c1I)C(=O)NCCN(C)C. The van der Waals surface area contributed by atoms with Crippen molar-refractivity contribution in [1.82, 2.24) is 10.2 Å². The van der Waals surface area contributed by atoms with Gasteiger partial charge in [0.05, 0.1) is 7.14 Å². The number of nitrogens with one attached hydrogen (secondary N) is 1. The van der Waals surface area contributed by atoms with E-state index in [9.17, 15) is 9.90 Å². The van der Waals surface area contributed by atoms with Crippen LogP contribution in [0.15, 0.2) is 6.07 Å². The molecular formula is C15H21I3N2O2. The molecular weight excluding hydrogens is 621 g/mol. The molecule has 1 aromatic rings. The standard InChI is InChI=1S/C15H21I3N2O2/c1-4-9(15(22)19-5-6-20(2)3)7-10-11(16)8-12(17)14(21)13(10)18/h8-9,21H,4-7H2,1-3H3,(H,19,22). The van der Waals surface area contributed by atoms with Crippen molar-refractivity contribution in [2.75, 3.05) is 27.2 Å². The van der Waals surface area contributed by atoms with Gasteiger partial charge in [0, 0.05) is 22.6 Å². The Morgan fingerprint density at radius 2 is 1.95 bits per heavy atom. The van der Waals surface area contributed by atoms with E-state index in [1.54, 1.807) is 0 Å². The number of likely N-dealkylation sites (N-methyl/N-ethyl adjacent to an activating group) is 1. The Morgan fingerprint density at radius 1 is 1.32 bits per heavy atom. The van der Waals surface area contributed by atoms with Gasteiger partial charge in [0.25, 0.3) is 0 Å². The molecule has 22 heavy (non-hydrogen) atoms. The van der Waals surface area contributed by atoms with Crippen LogP contribution in [0.3, 0.4) is 0 Å². The first kappa shape index (κ1) is 20.7. The number of phenols is 1. The highest BCUT2D eigenvalue weighted by atomic mass is 127. The number of amides is 1. The fraction of sp³-hybridized carbons (Fsp3) is 0.533. The highest BCUT2D eigenvalue weighted by molar-refractivity contribution is 14.1. The van der Waals surface area contributed by atoms with Gasteiger partial charge in [-0.05, 0) is 106 Å². The van der Waals surface area contributed by atoms with E-state index in [0.29, 0.717) is 18.7 Å². The van der Waals surface area contributed by atoms with E-state index < -0.39 is 0 Å². The summed E-state index contributed by atoms with van der Waals surface area (Å²) in [5.74, 6) is 0.345. The highest BCUT2D eigenvalue weighted by Crippen LogP contribution is 2.34. The molecule has 2 N–H and O–H groups in total. The summed E-state index contributed by atoms with van der Waals surface area (Å²) in [6.45, 7) is 3.53. The summed E-state index contributed by atoms with van der Waals surface area (Å²) in [6.07, 6.45) is 1.44. The molecule has 1 rings (SSSR count). The zero-order valence-electron chi connectivity index (χ0n) is 12.9. The van der Waals surface area contributed by atoms with Crippen LogP contribution in [-0.2, 0) is 11.2 Å². The lowest BCUT2D eigenvalue weighted by atomic mass is 9.96. The minimum absolute atomic E-state index is 0.0661. The van der Waals surface area contributed by atoms with Crippen molar-refractivity contribution in [3.05, 3.63) is 22.3 Å². The second kappa shape index (κ2) is 9.82. The Morgan fingerprint density at radius 3 is 2.50 bits per heavy atom. The predicted octanol–water partition coefficient (Wildman–Crippen LogP) is 3.45. The van der Waals surface area contributed by atoms with E-state index in [1.165, 1.54) is 0 Å². The van der Waals surface area contributed by atoms with E-state index in [1.807, 2.05) is 32.0 Å². The molecule has 7 heteroatoms. The van der Waals surface area contributed by atoms with Crippen LogP contribution in [-0.4, -0.2) is 43.1 Å². The maximum absolute atomic E-state index is 12.3. The van der Waals surface area contributed by atoms with E-state index in [2.05, 4.69) is 73.1 Å². The number of phenolic OH excluding ortho intramolecular Hbond substituents is 1. The molecule has 0 aliphatic heterocycles. The van der Waals surface area contributed by atoms with Crippen molar-refractivity contribution < 1.29 is 9.90 Å². The molecule has 0 aromatic heterocycles. The fourth-order valence-corrected chi connectivity index (χ4v) is 5.83. The molecule has 1 unspecified atom stereocenters. The number of rotatable bonds is 7. The van der Waals surface area contributed by atoms with Crippen LogP contribution in [0, 0.1) is 16.6 Å². The molecule has 0 saturated heterocycles. The Labute approximate surface area is 173 Å². The van der Waals surface area contributed by atoms with Crippen LogP contribution in [0.1, 0.15) is 18.9 Å². The topological polar surface area (TPSA) is 52.6 Å². The lowest BCUT2D eigenvalue weighted by Gasteiger charge is -2.19. The van der Waals surface area contributed by atoms with Gasteiger partial charge in [-0.2, -0.15) is 0 Å². The van der Waals surface area contributed by atoms with Crippen LogP contribution in [0.2, 0.25) is 0 Å². The van der Waals surface area contributed by atoms with Gasteiger partial charge in [-0.3, -0.25) is 4.79 Å². The molecule has 0 radical (unpaired) electrons. The number of nitrogens with zero attached hydrogens (tertiary/aromatic N) is 1. The molecule has 1 aromatic carbocycles. The van der Waals surface area contributed by atoms with Crippen LogP contribution in [0.4, 0.5) is 0 Å². The van der Waals surface area contributed by atoms with Crippen molar-refractivity contribution in [2.24, 2.45) is 5.92 Å². The van der Waals surface area contributed by atoms with E-state index in [0.717, 1.165) is 29.2 Å². The quantitative estimate of drug-likeness (QED) is 0.449. The van der Waals surface area contributed by atoms with Crippen LogP contribution in [0.25, 0.3) is 0 Å².